The molecule has 5 nitrogen and oxygen atoms in total. The number of nitrogens with one attached hydrogen (secondary N) is 1. The predicted molar refractivity (Wildman–Crippen MR) is 80.4 cm³/mol. The largest absolute Gasteiger partial charge is 0.376 e. The summed E-state index contributed by atoms with van der Waals surface area (Å²) in [5.74, 6) is 1.02. The Morgan fingerprint density at radius 3 is 3.10 bits per heavy atom. The average Bonchev–Trinajstić information content (AvgIpc) is 2.43. The zero-order valence-electron chi connectivity index (χ0n) is 12.2. The first-order chi connectivity index (χ1) is 9.63. The lowest BCUT2D eigenvalue weighted by Crippen LogP contribution is -2.51. The summed E-state index contributed by atoms with van der Waals surface area (Å²) < 4.78 is 6.16. The topological polar surface area (TPSA) is 44.4 Å². The van der Waals surface area contributed by atoms with E-state index in [0.29, 0.717) is 17.3 Å². The third-order valence-corrected chi connectivity index (χ3v) is 4.64. The Balaban J connectivity index is 1.80. The first kappa shape index (κ1) is 14.1. The molecule has 1 fully saturated rings. The summed E-state index contributed by atoms with van der Waals surface area (Å²) in [5.41, 5.74) is 2.29. The Bertz CT molecular complexity index is 544. The highest BCUT2D eigenvalue weighted by atomic mass is 32.1. The van der Waals surface area contributed by atoms with E-state index >= 15 is 0 Å². The van der Waals surface area contributed by atoms with E-state index in [2.05, 4.69) is 33.9 Å². The summed E-state index contributed by atoms with van der Waals surface area (Å²) in [6, 6.07) is 0.504. The van der Waals surface area contributed by atoms with Crippen molar-refractivity contribution in [3.05, 3.63) is 21.7 Å². The van der Waals surface area contributed by atoms with Crippen LogP contribution in [-0.4, -0.2) is 66.1 Å². The second kappa shape index (κ2) is 5.89. The lowest BCUT2D eigenvalue weighted by atomic mass is 10.1. The van der Waals surface area contributed by atoms with Crippen LogP contribution in [0.2, 0.25) is 0 Å². The molecule has 110 valence electrons. The van der Waals surface area contributed by atoms with Gasteiger partial charge in [-0.2, -0.15) is 0 Å². The molecule has 3 rings (SSSR count). The highest BCUT2D eigenvalue weighted by Gasteiger charge is 2.24. The van der Waals surface area contributed by atoms with E-state index in [-0.39, 0.29) is 0 Å². The van der Waals surface area contributed by atoms with Gasteiger partial charge in [-0.25, -0.2) is 4.98 Å². The van der Waals surface area contributed by atoms with Gasteiger partial charge in [0.15, 0.2) is 0 Å². The molecule has 2 aliphatic heterocycles. The van der Waals surface area contributed by atoms with Gasteiger partial charge in [-0.05, 0) is 14.1 Å². The van der Waals surface area contributed by atoms with Gasteiger partial charge in [-0.3, -0.25) is 0 Å². The minimum atomic E-state index is 0.504. The van der Waals surface area contributed by atoms with Crippen molar-refractivity contribution in [2.24, 2.45) is 0 Å². The van der Waals surface area contributed by atoms with E-state index in [9.17, 15) is 0 Å². The van der Waals surface area contributed by atoms with Gasteiger partial charge in [0.1, 0.15) is 10.5 Å². The normalized spacial score (nSPS) is 24.6. The standard InChI is InChI=1S/C14H22N4OS/c1-17-4-5-18(2)10(8-17)7-13-15-12-3-6-19-9-11(12)14(20)16-13/h10H,3-9H2,1-2H3,(H,15,16,20). The van der Waals surface area contributed by atoms with Crippen molar-refractivity contribution < 1.29 is 4.74 Å². The molecule has 1 aromatic rings. The van der Waals surface area contributed by atoms with Crippen molar-refractivity contribution in [3.8, 4) is 0 Å². The number of rotatable bonds is 2. The number of aromatic amines is 1. The fourth-order valence-electron chi connectivity index (χ4n) is 2.95. The summed E-state index contributed by atoms with van der Waals surface area (Å²) in [4.78, 5) is 12.9. The second-order valence-corrected chi connectivity index (χ2v) is 6.24. The van der Waals surface area contributed by atoms with E-state index in [1.54, 1.807) is 0 Å². The number of hydrogen-bond acceptors (Lipinski definition) is 5. The van der Waals surface area contributed by atoms with Crippen LogP contribution in [0, 0.1) is 4.64 Å². The molecule has 2 aliphatic rings. The van der Waals surface area contributed by atoms with Crippen molar-refractivity contribution in [1.29, 1.82) is 0 Å². The number of fused-ring (bicyclic) bond motifs is 1. The number of aromatic nitrogens is 2. The maximum Gasteiger partial charge on any atom is 0.135 e. The Labute approximate surface area is 125 Å². The molecule has 6 heteroatoms. The van der Waals surface area contributed by atoms with Gasteiger partial charge < -0.3 is 19.5 Å². The molecule has 1 aromatic heterocycles. The zero-order chi connectivity index (χ0) is 14.1. The van der Waals surface area contributed by atoms with Gasteiger partial charge in [0.05, 0.1) is 13.2 Å². The molecule has 1 saturated heterocycles. The van der Waals surface area contributed by atoms with E-state index < -0.39 is 0 Å². The van der Waals surface area contributed by atoms with E-state index in [4.69, 9.17) is 17.0 Å². The zero-order valence-corrected chi connectivity index (χ0v) is 13.0. The highest BCUT2D eigenvalue weighted by molar-refractivity contribution is 7.71. The van der Waals surface area contributed by atoms with Crippen LogP contribution in [0.1, 0.15) is 17.1 Å². The summed E-state index contributed by atoms with van der Waals surface area (Å²) in [6.07, 6.45) is 1.84. The van der Waals surface area contributed by atoms with E-state index in [1.165, 1.54) is 5.69 Å². The molecular formula is C14H22N4OS. The Kier molecular flexibility index (Phi) is 4.16. The molecule has 0 amide bonds. The number of hydrogen-bond donors (Lipinski definition) is 1. The van der Waals surface area contributed by atoms with Crippen LogP contribution in [0.5, 0.6) is 0 Å². The van der Waals surface area contributed by atoms with Crippen LogP contribution >= 0.6 is 12.2 Å². The smallest absolute Gasteiger partial charge is 0.135 e. The molecule has 3 heterocycles. The SMILES string of the molecule is CN1CCN(C)C(Cc2nc(=S)c3c([nH]2)CCOC3)C1. The van der Waals surface area contributed by atoms with Gasteiger partial charge in [0, 0.05) is 49.8 Å². The fraction of sp³-hybridized carbons (Fsp3) is 0.714. The van der Waals surface area contributed by atoms with Crippen molar-refractivity contribution in [2.75, 3.05) is 40.3 Å². The maximum atomic E-state index is 5.46. The minimum absolute atomic E-state index is 0.504. The first-order valence-electron chi connectivity index (χ1n) is 7.21. The third-order valence-electron chi connectivity index (χ3n) is 4.31. The van der Waals surface area contributed by atoms with Gasteiger partial charge in [0.2, 0.25) is 0 Å². The molecule has 0 radical (unpaired) electrons. The second-order valence-electron chi connectivity index (χ2n) is 5.85. The van der Waals surface area contributed by atoms with Crippen molar-refractivity contribution >= 4 is 12.2 Å². The van der Waals surface area contributed by atoms with E-state index in [0.717, 1.165) is 50.5 Å². The maximum absolute atomic E-state index is 5.46. The van der Waals surface area contributed by atoms with Crippen LogP contribution in [0.3, 0.4) is 0 Å². The molecule has 0 spiro atoms. The number of likely N-dealkylation sites (N-methyl/N-ethyl adjacent to an activating group) is 2. The van der Waals surface area contributed by atoms with Crippen molar-refractivity contribution in [3.63, 3.8) is 0 Å². The van der Waals surface area contributed by atoms with Crippen LogP contribution in [0.4, 0.5) is 0 Å². The molecule has 0 saturated carbocycles. The predicted octanol–water partition coefficient (Wildman–Crippen LogP) is 1.00. The minimum Gasteiger partial charge on any atom is -0.376 e. The number of piperazine rings is 1. The third kappa shape index (κ3) is 2.93. The molecule has 20 heavy (non-hydrogen) atoms. The molecular weight excluding hydrogens is 272 g/mol. The molecule has 0 bridgehead atoms. The molecule has 0 aliphatic carbocycles. The first-order valence-corrected chi connectivity index (χ1v) is 7.62. The lowest BCUT2D eigenvalue weighted by molar-refractivity contribution is 0.106. The van der Waals surface area contributed by atoms with Crippen LogP contribution < -0.4 is 0 Å². The fourth-order valence-corrected chi connectivity index (χ4v) is 3.24. The molecule has 1 atom stereocenters. The summed E-state index contributed by atoms with van der Waals surface area (Å²) in [6.45, 7) is 4.70. The van der Waals surface area contributed by atoms with Gasteiger partial charge in [-0.1, -0.05) is 12.2 Å². The Morgan fingerprint density at radius 2 is 2.25 bits per heavy atom. The van der Waals surface area contributed by atoms with Gasteiger partial charge in [-0.15, -0.1) is 0 Å². The van der Waals surface area contributed by atoms with E-state index in [1.807, 2.05) is 0 Å². The van der Waals surface area contributed by atoms with Crippen LogP contribution in [-0.2, 0) is 24.2 Å². The average molecular weight is 294 g/mol. The summed E-state index contributed by atoms with van der Waals surface area (Å²) >= 11 is 5.41. The Hall–Kier alpha value is -0.820. The quantitative estimate of drug-likeness (QED) is 0.825. The van der Waals surface area contributed by atoms with Crippen molar-refractivity contribution in [1.82, 2.24) is 19.8 Å². The number of H-pyrrole nitrogens is 1. The Morgan fingerprint density at radius 1 is 1.40 bits per heavy atom. The number of ether oxygens (including phenoxy) is 1. The highest BCUT2D eigenvalue weighted by Crippen LogP contribution is 2.17. The summed E-state index contributed by atoms with van der Waals surface area (Å²) in [7, 11) is 4.37. The van der Waals surface area contributed by atoms with Crippen LogP contribution in [0.15, 0.2) is 0 Å². The summed E-state index contributed by atoms with van der Waals surface area (Å²) in [5, 5.41) is 0. The molecule has 1 unspecified atom stereocenters. The van der Waals surface area contributed by atoms with Gasteiger partial charge in [0.25, 0.3) is 0 Å². The molecule has 1 N–H and O–H groups in total. The number of nitrogens with zero attached hydrogens (tertiary/aromatic N) is 3. The van der Waals surface area contributed by atoms with Crippen molar-refractivity contribution in [2.45, 2.75) is 25.5 Å². The lowest BCUT2D eigenvalue weighted by Gasteiger charge is -2.37. The van der Waals surface area contributed by atoms with Gasteiger partial charge >= 0.3 is 0 Å². The monoisotopic (exact) mass is 294 g/mol. The van der Waals surface area contributed by atoms with Crippen LogP contribution in [0.25, 0.3) is 0 Å². The molecule has 0 aromatic carbocycles.